The molecule has 0 radical (unpaired) electrons. The van der Waals surface area contributed by atoms with Gasteiger partial charge in [0.15, 0.2) is 0 Å². The van der Waals surface area contributed by atoms with Crippen LogP contribution < -0.4 is 0 Å². The average Bonchev–Trinajstić information content (AvgIpc) is 3.57. The number of nitrogens with zero attached hydrogens (tertiary/aromatic N) is 4. The molecule has 2 aromatic heterocycles. The van der Waals surface area contributed by atoms with Gasteiger partial charge >= 0.3 is 0 Å². The van der Waals surface area contributed by atoms with Crippen molar-refractivity contribution >= 4 is 43.6 Å². The molecule has 0 amide bonds. The van der Waals surface area contributed by atoms with Gasteiger partial charge in [-0.2, -0.15) is 10.5 Å². The fraction of sp³-hybridized carbons (Fsp3) is 0. The van der Waals surface area contributed by atoms with Crippen molar-refractivity contribution in [3.05, 3.63) is 145 Å². The SMILES string of the molecule is N#Cc1cccc(C#N)c1-c1cc(-n2c3ccccc3c3ccccc32)ccc1-n1c2ccccc2c2ccccc21. The lowest BCUT2D eigenvalue weighted by Gasteiger charge is -2.18. The second kappa shape index (κ2) is 9.24. The molecule has 2 heterocycles. The Labute approximate surface area is 242 Å². The Morgan fingerprint density at radius 2 is 0.857 bits per heavy atom. The molecule has 0 bridgehead atoms. The van der Waals surface area contributed by atoms with Gasteiger partial charge in [0.25, 0.3) is 0 Å². The van der Waals surface area contributed by atoms with Crippen LogP contribution in [0.3, 0.4) is 0 Å². The fourth-order valence-corrected chi connectivity index (χ4v) is 6.47. The first kappa shape index (κ1) is 23.8. The second-order valence-corrected chi connectivity index (χ2v) is 10.4. The molecular weight excluding hydrogens is 512 g/mol. The summed E-state index contributed by atoms with van der Waals surface area (Å²) in [7, 11) is 0. The van der Waals surface area contributed by atoms with Gasteiger partial charge in [-0.05, 0) is 54.6 Å². The number of benzene rings is 6. The van der Waals surface area contributed by atoms with Gasteiger partial charge in [0.2, 0.25) is 0 Å². The van der Waals surface area contributed by atoms with Crippen molar-refractivity contribution in [3.63, 3.8) is 0 Å². The first-order chi connectivity index (χ1) is 20.8. The van der Waals surface area contributed by atoms with Crippen LogP contribution >= 0.6 is 0 Å². The molecule has 0 aliphatic heterocycles. The first-order valence-electron chi connectivity index (χ1n) is 13.8. The smallest absolute Gasteiger partial charge is 0.0998 e. The molecule has 0 unspecified atom stereocenters. The van der Waals surface area contributed by atoms with Crippen LogP contribution in [0.4, 0.5) is 0 Å². The molecule has 6 aromatic carbocycles. The minimum atomic E-state index is 0.468. The van der Waals surface area contributed by atoms with E-state index in [-0.39, 0.29) is 0 Å². The minimum Gasteiger partial charge on any atom is -0.309 e. The Kier molecular flexibility index (Phi) is 5.22. The summed E-state index contributed by atoms with van der Waals surface area (Å²) in [4.78, 5) is 0. The van der Waals surface area contributed by atoms with E-state index in [0.29, 0.717) is 16.7 Å². The van der Waals surface area contributed by atoms with Gasteiger partial charge in [-0.3, -0.25) is 0 Å². The maximum Gasteiger partial charge on any atom is 0.0998 e. The molecule has 194 valence electrons. The van der Waals surface area contributed by atoms with Crippen molar-refractivity contribution in [2.75, 3.05) is 0 Å². The van der Waals surface area contributed by atoms with Crippen molar-refractivity contribution in [1.82, 2.24) is 9.13 Å². The van der Waals surface area contributed by atoms with E-state index in [4.69, 9.17) is 0 Å². The van der Waals surface area contributed by atoms with Gasteiger partial charge in [0.05, 0.1) is 51.0 Å². The van der Waals surface area contributed by atoms with Gasteiger partial charge < -0.3 is 9.13 Å². The van der Waals surface area contributed by atoms with Crippen LogP contribution in [0.1, 0.15) is 11.1 Å². The Morgan fingerprint density at radius 3 is 1.31 bits per heavy atom. The Morgan fingerprint density at radius 1 is 0.429 bits per heavy atom. The van der Waals surface area contributed by atoms with Crippen molar-refractivity contribution in [1.29, 1.82) is 10.5 Å². The molecule has 4 nitrogen and oxygen atoms in total. The predicted molar refractivity (Wildman–Crippen MR) is 170 cm³/mol. The lowest BCUT2D eigenvalue weighted by atomic mass is 9.93. The fourth-order valence-electron chi connectivity index (χ4n) is 6.47. The van der Waals surface area contributed by atoms with Gasteiger partial charge in [0.1, 0.15) is 0 Å². The molecule has 0 N–H and O–H groups in total. The van der Waals surface area contributed by atoms with E-state index < -0.39 is 0 Å². The van der Waals surface area contributed by atoms with Crippen molar-refractivity contribution in [3.8, 4) is 34.6 Å². The zero-order valence-corrected chi connectivity index (χ0v) is 22.5. The first-order valence-corrected chi connectivity index (χ1v) is 13.8. The van der Waals surface area contributed by atoms with Crippen LogP contribution in [-0.2, 0) is 0 Å². The molecular formula is C38H22N4. The van der Waals surface area contributed by atoms with E-state index in [1.54, 1.807) is 18.2 Å². The molecule has 8 rings (SSSR count). The van der Waals surface area contributed by atoms with Crippen LogP contribution in [0.2, 0.25) is 0 Å². The summed E-state index contributed by atoms with van der Waals surface area (Å²) in [6.07, 6.45) is 0. The summed E-state index contributed by atoms with van der Waals surface area (Å²) < 4.78 is 4.52. The normalized spacial score (nSPS) is 11.3. The summed E-state index contributed by atoms with van der Waals surface area (Å²) in [5, 5.41) is 25.1. The van der Waals surface area contributed by atoms with E-state index in [0.717, 1.165) is 49.8 Å². The largest absolute Gasteiger partial charge is 0.309 e. The third-order valence-corrected chi connectivity index (χ3v) is 8.21. The highest BCUT2D eigenvalue weighted by Crippen LogP contribution is 2.40. The molecule has 42 heavy (non-hydrogen) atoms. The van der Waals surface area contributed by atoms with Crippen LogP contribution in [0.25, 0.3) is 66.1 Å². The van der Waals surface area contributed by atoms with E-state index in [2.05, 4.69) is 124 Å². The third-order valence-electron chi connectivity index (χ3n) is 8.21. The molecule has 0 fully saturated rings. The zero-order valence-electron chi connectivity index (χ0n) is 22.5. The van der Waals surface area contributed by atoms with Gasteiger partial charge in [-0.25, -0.2) is 0 Å². The van der Waals surface area contributed by atoms with E-state index in [1.165, 1.54) is 10.8 Å². The Bertz CT molecular complexity index is 2300. The summed E-state index contributed by atoms with van der Waals surface area (Å²) in [6.45, 7) is 0. The number of para-hydroxylation sites is 4. The van der Waals surface area contributed by atoms with E-state index >= 15 is 0 Å². The van der Waals surface area contributed by atoms with Crippen LogP contribution in [0.15, 0.2) is 133 Å². The van der Waals surface area contributed by atoms with Crippen LogP contribution in [-0.4, -0.2) is 9.13 Å². The lowest BCUT2D eigenvalue weighted by molar-refractivity contribution is 1.14. The van der Waals surface area contributed by atoms with Crippen molar-refractivity contribution < 1.29 is 0 Å². The third kappa shape index (κ3) is 3.33. The summed E-state index contributed by atoms with van der Waals surface area (Å²) in [5.74, 6) is 0. The minimum absolute atomic E-state index is 0.468. The van der Waals surface area contributed by atoms with Crippen molar-refractivity contribution in [2.45, 2.75) is 0 Å². The standard InChI is InChI=1S/C38H22N4/c39-23-25-10-9-11-26(24-40)38(25)32-22-27(41-33-16-5-1-12-28(33)29-13-2-6-17-34(29)41)20-21-37(32)42-35-18-7-3-14-30(35)31-15-4-8-19-36(31)42/h1-22H. The topological polar surface area (TPSA) is 57.4 Å². The maximum absolute atomic E-state index is 10.2. The van der Waals surface area contributed by atoms with Gasteiger partial charge in [-0.15, -0.1) is 0 Å². The molecule has 0 aliphatic carbocycles. The van der Waals surface area contributed by atoms with E-state index in [1.807, 2.05) is 12.1 Å². The number of hydrogen-bond acceptors (Lipinski definition) is 2. The lowest BCUT2D eigenvalue weighted by Crippen LogP contribution is -2.02. The number of nitriles is 2. The highest BCUT2D eigenvalue weighted by atomic mass is 15.0. The van der Waals surface area contributed by atoms with Gasteiger partial charge in [0, 0.05) is 38.4 Å². The predicted octanol–water partition coefficient (Wildman–Crippen LogP) is 9.29. The zero-order chi connectivity index (χ0) is 28.2. The molecule has 0 saturated heterocycles. The number of fused-ring (bicyclic) bond motifs is 6. The number of hydrogen-bond donors (Lipinski definition) is 0. The maximum atomic E-state index is 10.2. The summed E-state index contributed by atoms with van der Waals surface area (Å²) in [6, 6.07) is 50.1. The molecule has 0 spiro atoms. The molecule has 0 atom stereocenters. The summed E-state index contributed by atoms with van der Waals surface area (Å²) >= 11 is 0. The highest BCUT2D eigenvalue weighted by molar-refractivity contribution is 6.11. The highest BCUT2D eigenvalue weighted by Gasteiger charge is 2.21. The molecule has 4 heteroatoms. The summed E-state index contributed by atoms with van der Waals surface area (Å²) in [5.41, 5.74) is 8.61. The molecule has 8 aromatic rings. The number of aromatic nitrogens is 2. The average molecular weight is 535 g/mol. The second-order valence-electron chi connectivity index (χ2n) is 10.4. The van der Waals surface area contributed by atoms with Gasteiger partial charge in [-0.1, -0.05) is 78.9 Å². The number of rotatable bonds is 3. The monoisotopic (exact) mass is 534 g/mol. The molecule has 0 saturated carbocycles. The Balaban J connectivity index is 1.53. The Hall–Kier alpha value is -6.10. The van der Waals surface area contributed by atoms with Crippen molar-refractivity contribution in [2.24, 2.45) is 0 Å². The molecule has 0 aliphatic rings. The van der Waals surface area contributed by atoms with Crippen LogP contribution in [0, 0.1) is 22.7 Å². The van der Waals surface area contributed by atoms with E-state index in [9.17, 15) is 10.5 Å². The quantitative estimate of drug-likeness (QED) is 0.227. The van der Waals surface area contributed by atoms with Crippen LogP contribution in [0.5, 0.6) is 0 Å².